The van der Waals surface area contributed by atoms with E-state index >= 15 is 0 Å². The molecule has 1 aliphatic carbocycles. The Morgan fingerprint density at radius 2 is 0.979 bits per heavy atom. The predicted molar refractivity (Wildman–Crippen MR) is 190 cm³/mol. The maximum absolute atomic E-state index is 5.35. The van der Waals surface area contributed by atoms with Crippen molar-refractivity contribution in [1.82, 2.24) is 23.9 Å². The summed E-state index contributed by atoms with van der Waals surface area (Å²) in [7, 11) is 0. The van der Waals surface area contributed by atoms with Gasteiger partial charge in [0.1, 0.15) is 5.82 Å². The Morgan fingerprint density at radius 1 is 0.447 bits per heavy atom. The number of aromatic nitrogens is 5. The van der Waals surface area contributed by atoms with Crippen LogP contribution in [0.1, 0.15) is 11.4 Å². The fraction of sp³-hybridized carbons (Fsp3) is 0.0238. The van der Waals surface area contributed by atoms with Crippen LogP contribution in [0.25, 0.3) is 78.0 Å². The molecule has 0 saturated heterocycles. The van der Waals surface area contributed by atoms with Gasteiger partial charge < -0.3 is 0 Å². The summed E-state index contributed by atoms with van der Waals surface area (Å²) in [6.07, 6.45) is 4.21. The zero-order chi connectivity index (χ0) is 30.9. The van der Waals surface area contributed by atoms with E-state index in [2.05, 4.69) is 152 Å². The Bertz CT molecular complexity index is 2660. The summed E-state index contributed by atoms with van der Waals surface area (Å²) in [5.41, 5.74) is 16.3. The molecule has 3 heterocycles. The number of benzene rings is 6. The van der Waals surface area contributed by atoms with Gasteiger partial charge in [0.15, 0.2) is 0 Å². The van der Waals surface area contributed by atoms with Gasteiger partial charge in [0, 0.05) is 24.5 Å². The Hall–Kier alpha value is -6.33. The van der Waals surface area contributed by atoms with Crippen molar-refractivity contribution >= 4 is 27.8 Å². The van der Waals surface area contributed by atoms with Crippen LogP contribution >= 0.6 is 0 Å². The molecule has 220 valence electrons. The molecule has 0 amide bonds. The van der Waals surface area contributed by atoms with E-state index in [1.807, 2.05) is 6.07 Å². The number of para-hydroxylation sites is 3. The van der Waals surface area contributed by atoms with Gasteiger partial charge in [-0.2, -0.15) is 0 Å². The average Bonchev–Trinajstić information content (AvgIpc) is 3.67. The highest BCUT2D eigenvalue weighted by molar-refractivity contribution is 6.03. The fourth-order valence-electron chi connectivity index (χ4n) is 7.46. The van der Waals surface area contributed by atoms with Crippen LogP contribution in [0, 0.1) is 0 Å². The van der Waals surface area contributed by atoms with Gasteiger partial charge in [-0.25, -0.2) is 15.0 Å². The van der Waals surface area contributed by atoms with Crippen molar-refractivity contribution in [2.45, 2.75) is 6.42 Å². The van der Waals surface area contributed by atoms with Crippen molar-refractivity contribution in [3.8, 4) is 50.2 Å². The summed E-state index contributed by atoms with van der Waals surface area (Å²) in [5.74, 6) is 1.67. The summed E-state index contributed by atoms with van der Waals surface area (Å²) in [5, 5.41) is 0. The maximum Gasteiger partial charge on any atom is 0.220 e. The van der Waals surface area contributed by atoms with Crippen LogP contribution in [-0.2, 0) is 6.42 Å². The Labute approximate surface area is 271 Å². The number of hydrogen-bond donors (Lipinski definition) is 0. The molecule has 0 saturated carbocycles. The third kappa shape index (κ3) is 3.87. The molecule has 0 spiro atoms. The maximum atomic E-state index is 5.35. The highest BCUT2D eigenvalue weighted by Crippen LogP contribution is 2.48. The predicted octanol–water partition coefficient (Wildman–Crippen LogP) is 9.79. The molecule has 1 aliphatic rings. The summed E-state index contributed by atoms with van der Waals surface area (Å²) < 4.78 is 4.59. The fourth-order valence-corrected chi connectivity index (χ4v) is 7.46. The number of hydrogen-bond acceptors (Lipinski definition) is 3. The first kappa shape index (κ1) is 25.9. The van der Waals surface area contributed by atoms with Gasteiger partial charge in [0.2, 0.25) is 5.78 Å². The largest absolute Gasteiger partial charge is 0.278 e. The molecule has 10 rings (SSSR count). The van der Waals surface area contributed by atoms with Gasteiger partial charge in [-0.3, -0.25) is 8.97 Å². The van der Waals surface area contributed by atoms with E-state index in [-0.39, 0.29) is 0 Å². The van der Waals surface area contributed by atoms with Crippen molar-refractivity contribution in [2.24, 2.45) is 0 Å². The molecule has 6 aromatic carbocycles. The van der Waals surface area contributed by atoms with Gasteiger partial charge in [0.25, 0.3) is 0 Å². The molecule has 3 aromatic heterocycles. The van der Waals surface area contributed by atoms with Crippen LogP contribution in [0.4, 0.5) is 0 Å². The summed E-state index contributed by atoms with van der Waals surface area (Å²) >= 11 is 0. The lowest BCUT2D eigenvalue weighted by Crippen LogP contribution is -2.00. The van der Waals surface area contributed by atoms with Gasteiger partial charge in [-0.1, -0.05) is 103 Å². The SMILES string of the molecule is c1cnc(Cc2cccc3c2nc2n(-c4ccc5c(c4)-c4ccccc4-c4ccccc4-c4ccccc4-5)c4ccccc4n32)nc1. The van der Waals surface area contributed by atoms with Crippen molar-refractivity contribution in [3.63, 3.8) is 0 Å². The molecule has 5 heteroatoms. The highest BCUT2D eigenvalue weighted by Gasteiger charge is 2.24. The quantitative estimate of drug-likeness (QED) is 0.203. The lowest BCUT2D eigenvalue weighted by Gasteiger charge is -2.23. The summed E-state index contributed by atoms with van der Waals surface area (Å²) in [6, 6.07) is 50.1. The van der Waals surface area contributed by atoms with E-state index in [1.165, 1.54) is 44.5 Å². The van der Waals surface area contributed by atoms with Gasteiger partial charge in [0.05, 0.1) is 22.1 Å². The molecule has 0 radical (unpaired) electrons. The minimum atomic E-state index is 0.618. The smallest absolute Gasteiger partial charge is 0.220 e. The Kier molecular flexibility index (Phi) is 5.57. The van der Waals surface area contributed by atoms with Gasteiger partial charge in [-0.15, -0.1) is 0 Å². The molecule has 5 nitrogen and oxygen atoms in total. The van der Waals surface area contributed by atoms with Crippen LogP contribution in [-0.4, -0.2) is 23.9 Å². The van der Waals surface area contributed by atoms with Crippen molar-refractivity contribution < 1.29 is 0 Å². The number of nitrogens with zero attached hydrogens (tertiary/aromatic N) is 5. The number of imidazole rings is 2. The highest BCUT2D eigenvalue weighted by atomic mass is 15.2. The molecule has 0 atom stereocenters. The first-order valence-electron chi connectivity index (χ1n) is 15.9. The molecule has 0 unspecified atom stereocenters. The molecular formula is C42H27N5. The normalized spacial score (nSPS) is 11.9. The molecule has 0 bridgehead atoms. The van der Waals surface area contributed by atoms with Crippen LogP contribution in [0.15, 0.2) is 152 Å². The average molecular weight is 602 g/mol. The number of fused-ring (bicyclic) bond motifs is 13. The van der Waals surface area contributed by atoms with Crippen LogP contribution in [0.2, 0.25) is 0 Å². The van der Waals surface area contributed by atoms with E-state index in [0.29, 0.717) is 6.42 Å². The van der Waals surface area contributed by atoms with E-state index in [4.69, 9.17) is 4.98 Å². The summed E-state index contributed by atoms with van der Waals surface area (Å²) in [6.45, 7) is 0. The van der Waals surface area contributed by atoms with Crippen molar-refractivity contribution in [1.29, 1.82) is 0 Å². The zero-order valence-electron chi connectivity index (χ0n) is 25.4. The first-order chi connectivity index (χ1) is 23.3. The van der Waals surface area contributed by atoms with Crippen LogP contribution in [0.5, 0.6) is 0 Å². The van der Waals surface area contributed by atoms with E-state index in [9.17, 15) is 0 Å². The third-order valence-electron chi connectivity index (χ3n) is 9.49. The van der Waals surface area contributed by atoms with E-state index in [1.54, 1.807) is 12.4 Å². The first-order valence-corrected chi connectivity index (χ1v) is 15.9. The zero-order valence-corrected chi connectivity index (χ0v) is 25.4. The lowest BCUT2D eigenvalue weighted by atomic mass is 9.81. The third-order valence-corrected chi connectivity index (χ3v) is 9.49. The lowest BCUT2D eigenvalue weighted by molar-refractivity contribution is 0.971. The second-order valence-corrected chi connectivity index (χ2v) is 12.1. The second kappa shape index (κ2) is 10.1. The van der Waals surface area contributed by atoms with E-state index in [0.717, 1.165) is 44.9 Å². The molecule has 0 N–H and O–H groups in total. The minimum Gasteiger partial charge on any atom is -0.278 e. The topological polar surface area (TPSA) is 48.0 Å². The molecule has 0 fully saturated rings. The molecular weight excluding hydrogens is 574 g/mol. The van der Waals surface area contributed by atoms with E-state index < -0.39 is 0 Å². The minimum absolute atomic E-state index is 0.618. The van der Waals surface area contributed by atoms with Gasteiger partial charge >= 0.3 is 0 Å². The molecule has 9 aromatic rings. The van der Waals surface area contributed by atoms with Crippen molar-refractivity contribution in [2.75, 3.05) is 0 Å². The van der Waals surface area contributed by atoms with Gasteiger partial charge in [-0.05, 0) is 86.5 Å². The monoisotopic (exact) mass is 601 g/mol. The molecule has 0 aliphatic heterocycles. The Balaban J connectivity index is 1.26. The Morgan fingerprint density at radius 3 is 1.62 bits per heavy atom. The standard InChI is InChI=1S/C42H27N5/c1-2-13-30-29(12-1)31-14-3-4-16-33(31)35-22-21-28(26-36(35)34-17-6-5-15-32(30)34)46-37-18-7-8-19-38(37)47-39-20-9-11-27(41(39)45-42(46)47)25-40-43-23-10-24-44-40/h1-24,26H,25H2. The van der Waals surface area contributed by atoms with Crippen LogP contribution < -0.4 is 0 Å². The summed E-state index contributed by atoms with van der Waals surface area (Å²) in [4.78, 5) is 14.3. The second-order valence-electron chi connectivity index (χ2n) is 12.1. The van der Waals surface area contributed by atoms with Crippen molar-refractivity contribution in [3.05, 3.63) is 163 Å². The van der Waals surface area contributed by atoms with Crippen LogP contribution in [0.3, 0.4) is 0 Å². The number of rotatable bonds is 3. The molecule has 47 heavy (non-hydrogen) atoms.